The molecule has 1 saturated heterocycles. The Hall–Kier alpha value is -1.90. The van der Waals surface area contributed by atoms with E-state index >= 15 is 0 Å². The second kappa shape index (κ2) is 8.66. The van der Waals surface area contributed by atoms with Crippen LogP contribution >= 0.6 is 43.6 Å². The highest BCUT2D eigenvalue weighted by atomic mass is 79.9. The van der Waals surface area contributed by atoms with Crippen molar-refractivity contribution in [1.82, 2.24) is 5.32 Å². The maximum Gasteiger partial charge on any atom is 0.264 e. The molecule has 1 amide bonds. The summed E-state index contributed by atoms with van der Waals surface area (Å²) in [4.78, 5) is 12.6. The molecule has 3 rings (SSSR count). The van der Waals surface area contributed by atoms with Crippen LogP contribution in [-0.2, 0) is 4.79 Å². The summed E-state index contributed by atoms with van der Waals surface area (Å²) in [5.41, 5.74) is 1.80. The molecule has 1 N–H and O–H groups in total. The smallest absolute Gasteiger partial charge is 0.264 e. The molecule has 2 aromatic carbocycles. The van der Waals surface area contributed by atoms with Gasteiger partial charge in [0.2, 0.25) is 0 Å². The van der Waals surface area contributed by atoms with Gasteiger partial charge in [-0.1, -0.05) is 28.1 Å². The lowest BCUT2D eigenvalue weighted by molar-refractivity contribution is -0.115. The standard InChI is InChI=1S/C18H13Br2N3O2S/c1-25-15-6-5-12(8-14(15)20)10-21-23-18-22-17(24)16(26-18)9-11-3-2-4-13(19)7-11/h2-10H,1H3,(H,22,23,24)/b16-9-,21-10-. The molecule has 8 heteroatoms. The minimum Gasteiger partial charge on any atom is -0.496 e. The number of benzene rings is 2. The van der Waals surface area contributed by atoms with Gasteiger partial charge in [-0.2, -0.15) is 5.10 Å². The lowest BCUT2D eigenvalue weighted by atomic mass is 10.2. The summed E-state index contributed by atoms with van der Waals surface area (Å²) in [5.74, 6) is 0.561. The summed E-state index contributed by atoms with van der Waals surface area (Å²) in [6.07, 6.45) is 3.43. The van der Waals surface area contributed by atoms with Gasteiger partial charge in [-0.25, -0.2) is 0 Å². The molecule has 0 spiro atoms. The third-order valence-corrected chi connectivity index (χ3v) is 5.34. The Morgan fingerprint density at radius 1 is 1.15 bits per heavy atom. The minimum atomic E-state index is -0.184. The van der Waals surface area contributed by atoms with Gasteiger partial charge in [-0.05, 0) is 75.2 Å². The van der Waals surface area contributed by atoms with Gasteiger partial charge in [0, 0.05) is 4.47 Å². The van der Waals surface area contributed by atoms with Crippen LogP contribution in [0.1, 0.15) is 11.1 Å². The molecule has 1 aliphatic rings. The molecule has 0 saturated carbocycles. The summed E-state index contributed by atoms with van der Waals surface area (Å²) in [6, 6.07) is 13.3. The molecule has 0 radical (unpaired) electrons. The van der Waals surface area contributed by atoms with E-state index in [-0.39, 0.29) is 5.91 Å². The number of carbonyl (C=O) groups excluding carboxylic acids is 1. The predicted octanol–water partition coefficient (Wildman–Crippen LogP) is 4.81. The quantitative estimate of drug-likeness (QED) is 0.376. The number of halogens is 2. The summed E-state index contributed by atoms with van der Waals surface area (Å²) in [7, 11) is 1.61. The van der Waals surface area contributed by atoms with Crippen LogP contribution in [0.5, 0.6) is 5.75 Å². The number of hydrogen-bond donors (Lipinski definition) is 1. The summed E-state index contributed by atoms with van der Waals surface area (Å²) in [5, 5.41) is 11.3. The highest BCUT2D eigenvalue weighted by molar-refractivity contribution is 9.10. The van der Waals surface area contributed by atoms with E-state index < -0.39 is 0 Å². The van der Waals surface area contributed by atoms with Crippen molar-refractivity contribution in [2.45, 2.75) is 0 Å². The van der Waals surface area contributed by atoms with Crippen molar-refractivity contribution in [2.24, 2.45) is 10.2 Å². The van der Waals surface area contributed by atoms with Gasteiger partial charge in [0.15, 0.2) is 5.17 Å². The number of hydrogen-bond acceptors (Lipinski definition) is 5. The normalized spacial score (nSPS) is 17.3. The summed E-state index contributed by atoms with van der Waals surface area (Å²) in [6.45, 7) is 0. The molecule has 2 aromatic rings. The molecule has 26 heavy (non-hydrogen) atoms. The number of methoxy groups -OCH3 is 1. The molecule has 132 valence electrons. The zero-order valence-electron chi connectivity index (χ0n) is 13.6. The lowest BCUT2D eigenvalue weighted by Crippen LogP contribution is -2.19. The molecule has 0 bridgehead atoms. The largest absolute Gasteiger partial charge is 0.496 e. The Labute approximate surface area is 171 Å². The first kappa shape index (κ1) is 18.9. The van der Waals surface area contributed by atoms with Gasteiger partial charge >= 0.3 is 0 Å². The molecule has 0 aliphatic carbocycles. The van der Waals surface area contributed by atoms with Crippen LogP contribution in [0.2, 0.25) is 0 Å². The van der Waals surface area contributed by atoms with Crippen LogP contribution in [0.25, 0.3) is 6.08 Å². The van der Waals surface area contributed by atoms with Crippen LogP contribution in [0, 0.1) is 0 Å². The van der Waals surface area contributed by atoms with Crippen LogP contribution in [-0.4, -0.2) is 24.4 Å². The Bertz CT molecular complexity index is 942. The molecule has 5 nitrogen and oxygen atoms in total. The molecule has 0 unspecified atom stereocenters. The van der Waals surface area contributed by atoms with Crippen molar-refractivity contribution in [3.8, 4) is 5.75 Å². The number of thioether (sulfide) groups is 1. The number of ether oxygens (including phenoxy) is 1. The first-order valence-electron chi connectivity index (χ1n) is 7.46. The third-order valence-electron chi connectivity index (χ3n) is 3.33. The Balaban J connectivity index is 1.71. The Kier molecular flexibility index (Phi) is 6.29. The highest BCUT2D eigenvalue weighted by Gasteiger charge is 2.23. The van der Waals surface area contributed by atoms with Crippen molar-refractivity contribution in [3.63, 3.8) is 0 Å². The maximum atomic E-state index is 12.1. The number of amidine groups is 1. The Morgan fingerprint density at radius 2 is 2.00 bits per heavy atom. The van der Waals surface area contributed by atoms with Gasteiger partial charge in [0.25, 0.3) is 5.91 Å². The fourth-order valence-corrected chi connectivity index (χ4v) is 3.89. The number of amides is 1. The molecule has 1 aliphatic heterocycles. The fourth-order valence-electron chi connectivity index (χ4n) is 2.13. The van der Waals surface area contributed by atoms with Gasteiger partial charge in [0.05, 0.1) is 22.7 Å². The second-order valence-corrected chi connectivity index (χ2v) is 7.96. The van der Waals surface area contributed by atoms with E-state index in [0.717, 1.165) is 25.8 Å². The summed E-state index contributed by atoms with van der Waals surface area (Å²) >= 11 is 8.10. The first-order valence-corrected chi connectivity index (χ1v) is 9.86. The van der Waals surface area contributed by atoms with Crippen molar-refractivity contribution in [2.75, 3.05) is 7.11 Å². The van der Waals surface area contributed by atoms with Gasteiger partial charge in [0.1, 0.15) is 5.75 Å². The zero-order chi connectivity index (χ0) is 18.5. The highest BCUT2D eigenvalue weighted by Crippen LogP contribution is 2.27. The van der Waals surface area contributed by atoms with Crippen molar-refractivity contribution >= 4 is 67.0 Å². The van der Waals surface area contributed by atoms with E-state index in [2.05, 4.69) is 47.4 Å². The van der Waals surface area contributed by atoms with E-state index in [4.69, 9.17) is 4.74 Å². The van der Waals surface area contributed by atoms with Crippen LogP contribution in [0.4, 0.5) is 0 Å². The average Bonchev–Trinajstić information content (AvgIpc) is 2.95. The molecule has 1 fully saturated rings. The molecule has 0 aromatic heterocycles. The first-order chi connectivity index (χ1) is 12.5. The van der Waals surface area contributed by atoms with E-state index in [0.29, 0.717) is 10.1 Å². The van der Waals surface area contributed by atoms with Crippen molar-refractivity contribution in [3.05, 3.63) is 67.4 Å². The Morgan fingerprint density at radius 3 is 2.73 bits per heavy atom. The fraction of sp³-hybridized carbons (Fsp3) is 0.0556. The molecular weight excluding hydrogens is 482 g/mol. The van der Waals surface area contributed by atoms with Crippen molar-refractivity contribution < 1.29 is 9.53 Å². The average molecular weight is 495 g/mol. The maximum absolute atomic E-state index is 12.1. The van der Waals surface area contributed by atoms with Crippen LogP contribution < -0.4 is 10.1 Å². The number of nitrogens with zero attached hydrogens (tertiary/aromatic N) is 2. The molecule has 1 heterocycles. The number of nitrogens with one attached hydrogen (secondary N) is 1. The van der Waals surface area contributed by atoms with Gasteiger partial charge in [-0.3, -0.25) is 10.1 Å². The molecular formula is C18H13Br2N3O2S. The second-order valence-electron chi connectivity index (χ2n) is 5.16. The minimum absolute atomic E-state index is 0.184. The van der Waals surface area contributed by atoms with E-state index in [9.17, 15) is 4.79 Å². The number of rotatable bonds is 4. The monoisotopic (exact) mass is 493 g/mol. The van der Waals surface area contributed by atoms with Gasteiger partial charge < -0.3 is 4.74 Å². The van der Waals surface area contributed by atoms with Gasteiger partial charge in [-0.15, -0.1) is 5.10 Å². The number of carbonyl (C=O) groups is 1. The van der Waals surface area contributed by atoms with E-state index in [1.165, 1.54) is 11.8 Å². The van der Waals surface area contributed by atoms with Crippen LogP contribution in [0.15, 0.2) is 66.5 Å². The lowest BCUT2D eigenvalue weighted by Gasteiger charge is -2.02. The topological polar surface area (TPSA) is 63.1 Å². The third kappa shape index (κ3) is 4.84. The van der Waals surface area contributed by atoms with E-state index in [1.807, 2.05) is 48.5 Å². The SMILES string of the molecule is COc1ccc(/C=N\N=C2\NC(=O)/C(=C/c3cccc(Br)c3)S2)cc1Br. The van der Waals surface area contributed by atoms with E-state index in [1.54, 1.807) is 13.3 Å². The van der Waals surface area contributed by atoms with Crippen LogP contribution in [0.3, 0.4) is 0 Å². The summed E-state index contributed by atoms with van der Waals surface area (Å²) < 4.78 is 6.98. The zero-order valence-corrected chi connectivity index (χ0v) is 17.6. The predicted molar refractivity (Wildman–Crippen MR) is 114 cm³/mol. The molecule has 0 atom stereocenters. The van der Waals surface area contributed by atoms with Crippen molar-refractivity contribution in [1.29, 1.82) is 0 Å².